The Kier molecular flexibility index (Phi) is 3.51. The summed E-state index contributed by atoms with van der Waals surface area (Å²) in [6.45, 7) is 1.19. The number of aromatic nitrogens is 2. The highest BCUT2D eigenvalue weighted by atomic mass is 35.5. The third kappa shape index (κ3) is 2.48. The Bertz CT molecular complexity index is 919. The van der Waals surface area contributed by atoms with E-state index in [4.69, 9.17) is 23.2 Å². The second kappa shape index (κ2) is 5.55. The predicted molar refractivity (Wildman–Crippen MR) is 90.1 cm³/mol. The second-order valence-corrected chi connectivity index (χ2v) is 6.35. The van der Waals surface area contributed by atoms with Crippen LogP contribution in [0.15, 0.2) is 42.6 Å². The first-order valence-corrected chi connectivity index (χ1v) is 8.08. The summed E-state index contributed by atoms with van der Waals surface area (Å²) in [5.41, 5.74) is 3.60. The smallest absolute Gasteiger partial charge is 0.254 e. The Balaban J connectivity index is 1.67. The Labute approximate surface area is 143 Å². The number of imidazole rings is 1. The molecular formula is C17H13Cl2N3O. The Hall–Kier alpha value is -2.04. The van der Waals surface area contributed by atoms with Crippen LogP contribution in [0.1, 0.15) is 21.7 Å². The van der Waals surface area contributed by atoms with Crippen LogP contribution in [0.3, 0.4) is 0 Å². The predicted octanol–water partition coefficient (Wildman–Crippen LogP) is 3.84. The molecule has 0 fully saturated rings. The molecule has 116 valence electrons. The average Bonchev–Trinajstić information content (AvgIpc) is 2.94. The van der Waals surface area contributed by atoms with Gasteiger partial charge in [-0.25, -0.2) is 4.98 Å². The van der Waals surface area contributed by atoms with Crippen LogP contribution in [0.4, 0.5) is 0 Å². The van der Waals surface area contributed by atoms with Gasteiger partial charge in [-0.05, 0) is 30.3 Å². The van der Waals surface area contributed by atoms with Gasteiger partial charge >= 0.3 is 0 Å². The number of halogens is 2. The fourth-order valence-corrected chi connectivity index (χ4v) is 3.25. The average molecular weight is 346 g/mol. The van der Waals surface area contributed by atoms with Crippen LogP contribution in [0.25, 0.3) is 5.65 Å². The summed E-state index contributed by atoms with van der Waals surface area (Å²) < 4.78 is 2.05. The number of fused-ring (bicyclic) bond motifs is 3. The third-order valence-electron chi connectivity index (χ3n) is 4.12. The van der Waals surface area contributed by atoms with Gasteiger partial charge in [0.05, 0.1) is 28.0 Å². The lowest BCUT2D eigenvalue weighted by Crippen LogP contribution is -2.36. The molecule has 1 aromatic carbocycles. The molecule has 1 aliphatic heterocycles. The molecule has 6 heteroatoms. The van der Waals surface area contributed by atoms with Crippen molar-refractivity contribution in [3.63, 3.8) is 0 Å². The quantitative estimate of drug-likeness (QED) is 0.671. The molecule has 4 nitrogen and oxygen atoms in total. The SMILES string of the molecule is O=C(c1ccc(Cl)c(Cl)c1)N1CCc2nc3ccccn3c2C1. The van der Waals surface area contributed by atoms with Crippen LogP contribution in [0.2, 0.25) is 10.0 Å². The summed E-state index contributed by atoms with van der Waals surface area (Å²) in [5.74, 6) is -0.0416. The maximum absolute atomic E-state index is 12.7. The Morgan fingerprint density at radius 3 is 2.83 bits per heavy atom. The van der Waals surface area contributed by atoms with Crippen molar-refractivity contribution in [2.75, 3.05) is 6.54 Å². The van der Waals surface area contributed by atoms with E-state index in [1.165, 1.54) is 0 Å². The molecule has 0 unspecified atom stereocenters. The molecule has 0 saturated heterocycles. The van der Waals surface area contributed by atoms with E-state index in [0.717, 1.165) is 23.5 Å². The molecule has 2 aromatic heterocycles. The zero-order valence-corrected chi connectivity index (χ0v) is 13.7. The number of hydrogen-bond donors (Lipinski definition) is 0. The molecule has 0 N–H and O–H groups in total. The van der Waals surface area contributed by atoms with Gasteiger partial charge in [-0.15, -0.1) is 0 Å². The topological polar surface area (TPSA) is 37.6 Å². The van der Waals surface area contributed by atoms with Crippen molar-refractivity contribution in [3.8, 4) is 0 Å². The van der Waals surface area contributed by atoms with Crippen molar-refractivity contribution >= 4 is 34.8 Å². The normalized spacial score (nSPS) is 14.1. The number of hydrogen-bond acceptors (Lipinski definition) is 2. The van der Waals surface area contributed by atoms with E-state index in [-0.39, 0.29) is 5.91 Å². The van der Waals surface area contributed by atoms with Crippen molar-refractivity contribution < 1.29 is 4.79 Å². The lowest BCUT2D eigenvalue weighted by Gasteiger charge is -2.27. The number of nitrogens with zero attached hydrogens (tertiary/aromatic N) is 3. The molecule has 0 spiro atoms. The number of benzene rings is 1. The second-order valence-electron chi connectivity index (χ2n) is 5.54. The zero-order valence-electron chi connectivity index (χ0n) is 12.2. The van der Waals surface area contributed by atoms with E-state index < -0.39 is 0 Å². The molecule has 0 radical (unpaired) electrons. The van der Waals surface area contributed by atoms with Gasteiger partial charge in [0.15, 0.2) is 0 Å². The maximum Gasteiger partial charge on any atom is 0.254 e. The van der Waals surface area contributed by atoms with Crippen LogP contribution in [0.5, 0.6) is 0 Å². The van der Waals surface area contributed by atoms with Crippen LogP contribution >= 0.6 is 23.2 Å². The van der Waals surface area contributed by atoms with Crippen LogP contribution in [-0.2, 0) is 13.0 Å². The molecular weight excluding hydrogens is 333 g/mol. The first kappa shape index (κ1) is 14.5. The molecule has 1 aliphatic rings. The van der Waals surface area contributed by atoms with Crippen molar-refractivity contribution in [3.05, 3.63) is 69.6 Å². The number of rotatable bonds is 1. The molecule has 0 bridgehead atoms. The van der Waals surface area contributed by atoms with Crippen molar-refractivity contribution in [1.82, 2.24) is 14.3 Å². The van der Waals surface area contributed by atoms with Gasteiger partial charge in [-0.1, -0.05) is 29.3 Å². The van der Waals surface area contributed by atoms with E-state index in [1.54, 1.807) is 18.2 Å². The van der Waals surface area contributed by atoms with Crippen molar-refractivity contribution in [2.24, 2.45) is 0 Å². The summed E-state index contributed by atoms with van der Waals surface area (Å²) in [7, 11) is 0. The first-order chi connectivity index (χ1) is 11.1. The molecule has 23 heavy (non-hydrogen) atoms. The van der Waals surface area contributed by atoms with E-state index >= 15 is 0 Å². The van der Waals surface area contributed by atoms with Gasteiger partial charge in [0, 0.05) is 24.7 Å². The molecule has 1 amide bonds. The lowest BCUT2D eigenvalue weighted by atomic mass is 10.1. The Morgan fingerprint density at radius 2 is 2.00 bits per heavy atom. The van der Waals surface area contributed by atoms with Crippen LogP contribution in [-0.4, -0.2) is 26.7 Å². The fourth-order valence-electron chi connectivity index (χ4n) is 2.95. The molecule has 0 atom stereocenters. The highest BCUT2D eigenvalue weighted by Gasteiger charge is 2.25. The molecule has 4 rings (SSSR count). The highest BCUT2D eigenvalue weighted by molar-refractivity contribution is 6.42. The fraction of sp³-hybridized carbons (Fsp3) is 0.176. The number of pyridine rings is 1. The molecule has 3 heterocycles. The van der Waals surface area contributed by atoms with Crippen LogP contribution in [0, 0.1) is 0 Å². The van der Waals surface area contributed by atoms with Gasteiger partial charge in [0.2, 0.25) is 0 Å². The van der Waals surface area contributed by atoms with Crippen molar-refractivity contribution in [2.45, 2.75) is 13.0 Å². The Morgan fingerprint density at radius 1 is 1.13 bits per heavy atom. The van der Waals surface area contributed by atoms with Gasteiger partial charge in [0.25, 0.3) is 5.91 Å². The largest absolute Gasteiger partial charge is 0.332 e. The van der Waals surface area contributed by atoms with E-state index in [9.17, 15) is 4.79 Å². The summed E-state index contributed by atoms with van der Waals surface area (Å²) in [6, 6.07) is 10.9. The number of carbonyl (C=O) groups is 1. The standard InChI is InChI=1S/C17H13Cl2N3O/c18-12-5-4-11(9-13(12)19)17(23)21-8-6-14-15(10-21)22-7-2-1-3-16(22)20-14/h1-5,7,9H,6,8,10H2. The van der Waals surface area contributed by atoms with E-state index in [0.29, 0.717) is 28.7 Å². The monoisotopic (exact) mass is 345 g/mol. The number of carbonyl (C=O) groups excluding carboxylic acids is 1. The zero-order chi connectivity index (χ0) is 16.0. The molecule has 0 saturated carbocycles. The van der Waals surface area contributed by atoms with E-state index in [1.807, 2.05) is 33.7 Å². The molecule has 3 aromatic rings. The highest BCUT2D eigenvalue weighted by Crippen LogP contribution is 2.25. The number of amides is 1. The maximum atomic E-state index is 12.7. The minimum atomic E-state index is -0.0416. The minimum Gasteiger partial charge on any atom is -0.332 e. The van der Waals surface area contributed by atoms with Crippen molar-refractivity contribution in [1.29, 1.82) is 0 Å². The summed E-state index contributed by atoms with van der Waals surface area (Å²) in [5, 5.41) is 0.843. The minimum absolute atomic E-state index is 0.0416. The van der Waals surface area contributed by atoms with Crippen LogP contribution < -0.4 is 0 Å². The van der Waals surface area contributed by atoms with Gasteiger partial charge < -0.3 is 9.30 Å². The van der Waals surface area contributed by atoms with Gasteiger partial charge in [0.1, 0.15) is 5.65 Å². The van der Waals surface area contributed by atoms with Gasteiger partial charge in [-0.2, -0.15) is 0 Å². The summed E-state index contributed by atoms with van der Waals surface area (Å²) >= 11 is 11.9. The summed E-state index contributed by atoms with van der Waals surface area (Å²) in [4.78, 5) is 19.2. The third-order valence-corrected chi connectivity index (χ3v) is 4.86. The van der Waals surface area contributed by atoms with E-state index in [2.05, 4.69) is 4.98 Å². The molecule has 0 aliphatic carbocycles. The summed E-state index contributed by atoms with van der Waals surface area (Å²) in [6.07, 6.45) is 2.73. The first-order valence-electron chi connectivity index (χ1n) is 7.32. The van der Waals surface area contributed by atoms with Gasteiger partial charge in [-0.3, -0.25) is 4.79 Å². The lowest BCUT2D eigenvalue weighted by molar-refractivity contribution is 0.0731.